The van der Waals surface area contributed by atoms with Crippen LogP contribution in [0.2, 0.25) is 0 Å². The molecule has 1 atom stereocenters. The number of benzene rings is 1. The highest BCUT2D eigenvalue weighted by Crippen LogP contribution is 2.23. The van der Waals surface area contributed by atoms with Crippen LogP contribution in [-0.2, 0) is 13.5 Å². The van der Waals surface area contributed by atoms with E-state index in [1.807, 2.05) is 30.8 Å². The van der Waals surface area contributed by atoms with Crippen LogP contribution < -0.4 is 10.5 Å². The van der Waals surface area contributed by atoms with Crippen molar-refractivity contribution < 1.29 is 4.74 Å². The molecule has 2 rings (SSSR count). The summed E-state index contributed by atoms with van der Waals surface area (Å²) >= 11 is 0. The lowest BCUT2D eigenvalue weighted by Gasteiger charge is -2.13. The molecule has 20 heavy (non-hydrogen) atoms. The second kappa shape index (κ2) is 6.09. The Bertz CT molecular complexity index is 572. The fraction of sp³-hybridized carbons (Fsp3) is 0.438. The van der Waals surface area contributed by atoms with Crippen LogP contribution in [0, 0.1) is 13.8 Å². The molecule has 2 N–H and O–H groups in total. The number of nitrogens with two attached hydrogens (primary N) is 1. The Kier molecular flexibility index (Phi) is 4.45. The Hall–Kier alpha value is -1.81. The molecule has 0 saturated heterocycles. The highest BCUT2D eigenvalue weighted by Gasteiger charge is 2.16. The molecule has 0 spiro atoms. The van der Waals surface area contributed by atoms with E-state index in [-0.39, 0.29) is 6.04 Å². The molecule has 0 aliphatic heterocycles. The van der Waals surface area contributed by atoms with Crippen LogP contribution >= 0.6 is 0 Å². The maximum atomic E-state index is 6.34. The molecule has 0 radical (unpaired) electrons. The first-order valence-corrected chi connectivity index (χ1v) is 6.91. The summed E-state index contributed by atoms with van der Waals surface area (Å²) in [4.78, 5) is 0. The molecule has 0 aliphatic rings. The Morgan fingerprint density at radius 2 is 1.90 bits per heavy atom. The van der Waals surface area contributed by atoms with Gasteiger partial charge in [0.25, 0.3) is 0 Å². The van der Waals surface area contributed by atoms with Gasteiger partial charge in [-0.1, -0.05) is 12.1 Å². The standard InChI is InChI=1S/C16H23N3O/c1-11-16(12(2)19(3)18-11)15(17)10-7-13-5-8-14(20-4)9-6-13/h5-6,8-9,15H,7,10,17H2,1-4H3. The second-order valence-corrected chi connectivity index (χ2v) is 5.20. The van der Waals surface area contributed by atoms with Crippen molar-refractivity contribution in [2.45, 2.75) is 32.7 Å². The summed E-state index contributed by atoms with van der Waals surface area (Å²) in [6, 6.07) is 8.19. The van der Waals surface area contributed by atoms with Gasteiger partial charge >= 0.3 is 0 Å². The van der Waals surface area contributed by atoms with Gasteiger partial charge in [0.1, 0.15) is 5.75 Å². The lowest BCUT2D eigenvalue weighted by molar-refractivity contribution is 0.414. The van der Waals surface area contributed by atoms with Crippen molar-refractivity contribution in [2.75, 3.05) is 7.11 Å². The third-order valence-corrected chi connectivity index (χ3v) is 3.84. The van der Waals surface area contributed by atoms with Crippen molar-refractivity contribution in [1.29, 1.82) is 0 Å². The zero-order chi connectivity index (χ0) is 14.7. The largest absolute Gasteiger partial charge is 0.497 e. The van der Waals surface area contributed by atoms with Gasteiger partial charge in [0.2, 0.25) is 0 Å². The minimum Gasteiger partial charge on any atom is -0.497 e. The topological polar surface area (TPSA) is 53.1 Å². The van der Waals surface area contributed by atoms with E-state index in [1.165, 1.54) is 11.1 Å². The fourth-order valence-electron chi connectivity index (χ4n) is 2.59. The van der Waals surface area contributed by atoms with E-state index in [2.05, 4.69) is 24.2 Å². The van der Waals surface area contributed by atoms with Crippen LogP contribution in [0.4, 0.5) is 0 Å². The molecule has 0 amide bonds. The van der Waals surface area contributed by atoms with E-state index in [9.17, 15) is 0 Å². The average Bonchev–Trinajstić information content (AvgIpc) is 2.70. The molecule has 1 unspecified atom stereocenters. The highest BCUT2D eigenvalue weighted by molar-refractivity contribution is 5.29. The van der Waals surface area contributed by atoms with E-state index >= 15 is 0 Å². The summed E-state index contributed by atoms with van der Waals surface area (Å²) in [6.07, 6.45) is 1.87. The molecule has 4 heteroatoms. The SMILES string of the molecule is COc1ccc(CCC(N)c2c(C)nn(C)c2C)cc1. The van der Waals surface area contributed by atoms with Gasteiger partial charge in [-0.15, -0.1) is 0 Å². The molecular formula is C16H23N3O. The first-order valence-electron chi connectivity index (χ1n) is 6.91. The summed E-state index contributed by atoms with van der Waals surface area (Å²) in [7, 11) is 3.64. The summed E-state index contributed by atoms with van der Waals surface area (Å²) in [6.45, 7) is 4.10. The first kappa shape index (κ1) is 14.6. The molecule has 2 aromatic rings. The van der Waals surface area contributed by atoms with Crippen molar-refractivity contribution in [3.05, 3.63) is 46.8 Å². The summed E-state index contributed by atoms with van der Waals surface area (Å²) in [5.74, 6) is 0.886. The van der Waals surface area contributed by atoms with Gasteiger partial charge in [-0.25, -0.2) is 0 Å². The van der Waals surface area contributed by atoms with Crippen molar-refractivity contribution in [1.82, 2.24) is 9.78 Å². The Morgan fingerprint density at radius 1 is 1.25 bits per heavy atom. The zero-order valence-electron chi connectivity index (χ0n) is 12.7. The minimum atomic E-state index is 0.0331. The molecule has 0 bridgehead atoms. The van der Waals surface area contributed by atoms with Crippen LogP contribution in [0.5, 0.6) is 5.75 Å². The summed E-state index contributed by atoms with van der Waals surface area (Å²) < 4.78 is 7.06. The van der Waals surface area contributed by atoms with Gasteiger partial charge in [-0.2, -0.15) is 5.10 Å². The molecular weight excluding hydrogens is 250 g/mol. The zero-order valence-corrected chi connectivity index (χ0v) is 12.7. The second-order valence-electron chi connectivity index (χ2n) is 5.20. The summed E-state index contributed by atoms with van der Waals surface area (Å²) in [5, 5.41) is 4.43. The Labute approximate surface area is 120 Å². The van der Waals surface area contributed by atoms with Crippen LogP contribution in [-0.4, -0.2) is 16.9 Å². The molecule has 4 nitrogen and oxygen atoms in total. The van der Waals surface area contributed by atoms with E-state index < -0.39 is 0 Å². The quantitative estimate of drug-likeness (QED) is 0.911. The lowest BCUT2D eigenvalue weighted by atomic mass is 9.98. The Morgan fingerprint density at radius 3 is 2.40 bits per heavy atom. The number of ether oxygens (including phenoxy) is 1. The van der Waals surface area contributed by atoms with Gasteiger partial charge in [-0.3, -0.25) is 4.68 Å². The molecule has 0 aliphatic carbocycles. The summed E-state index contributed by atoms with van der Waals surface area (Å²) in [5.41, 5.74) is 11.0. The molecule has 0 fully saturated rings. The van der Waals surface area contributed by atoms with Gasteiger partial charge in [0.05, 0.1) is 12.8 Å². The number of hydrogen-bond acceptors (Lipinski definition) is 3. The molecule has 108 valence electrons. The van der Waals surface area contributed by atoms with Crippen LogP contribution in [0.25, 0.3) is 0 Å². The van der Waals surface area contributed by atoms with Crippen molar-refractivity contribution in [3.63, 3.8) is 0 Å². The highest BCUT2D eigenvalue weighted by atomic mass is 16.5. The number of methoxy groups -OCH3 is 1. The predicted octanol–water partition coefficient (Wildman–Crippen LogP) is 2.68. The number of hydrogen-bond donors (Lipinski definition) is 1. The van der Waals surface area contributed by atoms with Crippen LogP contribution in [0.15, 0.2) is 24.3 Å². The minimum absolute atomic E-state index is 0.0331. The van der Waals surface area contributed by atoms with Crippen LogP contribution in [0.3, 0.4) is 0 Å². The van der Waals surface area contributed by atoms with Crippen molar-refractivity contribution >= 4 is 0 Å². The average molecular weight is 273 g/mol. The van der Waals surface area contributed by atoms with E-state index in [0.717, 1.165) is 30.0 Å². The van der Waals surface area contributed by atoms with E-state index in [0.29, 0.717) is 0 Å². The Balaban J connectivity index is 2.02. The first-order chi connectivity index (χ1) is 9.52. The number of aromatic nitrogens is 2. The molecule has 1 heterocycles. The molecule has 1 aromatic carbocycles. The van der Waals surface area contributed by atoms with Gasteiger partial charge in [0, 0.05) is 24.3 Å². The molecule has 0 saturated carbocycles. The van der Waals surface area contributed by atoms with Crippen molar-refractivity contribution in [3.8, 4) is 5.75 Å². The van der Waals surface area contributed by atoms with E-state index in [4.69, 9.17) is 10.5 Å². The number of nitrogens with zero attached hydrogens (tertiary/aromatic N) is 2. The maximum Gasteiger partial charge on any atom is 0.118 e. The number of aryl methyl sites for hydroxylation is 3. The molecule has 1 aromatic heterocycles. The normalized spacial score (nSPS) is 12.4. The smallest absolute Gasteiger partial charge is 0.118 e. The number of rotatable bonds is 5. The lowest BCUT2D eigenvalue weighted by Crippen LogP contribution is -2.13. The van der Waals surface area contributed by atoms with Crippen molar-refractivity contribution in [2.24, 2.45) is 12.8 Å². The van der Waals surface area contributed by atoms with Gasteiger partial charge < -0.3 is 10.5 Å². The van der Waals surface area contributed by atoms with Crippen LogP contribution in [0.1, 0.15) is 35.0 Å². The third kappa shape index (κ3) is 3.02. The van der Waals surface area contributed by atoms with Gasteiger partial charge in [-0.05, 0) is 44.4 Å². The monoisotopic (exact) mass is 273 g/mol. The van der Waals surface area contributed by atoms with Gasteiger partial charge in [0.15, 0.2) is 0 Å². The third-order valence-electron chi connectivity index (χ3n) is 3.84. The maximum absolute atomic E-state index is 6.34. The van der Waals surface area contributed by atoms with E-state index in [1.54, 1.807) is 7.11 Å². The predicted molar refractivity (Wildman–Crippen MR) is 80.9 cm³/mol. The fourth-order valence-corrected chi connectivity index (χ4v) is 2.59.